The van der Waals surface area contributed by atoms with E-state index in [1.807, 2.05) is 24.0 Å². The van der Waals surface area contributed by atoms with Gasteiger partial charge >= 0.3 is 11.9 Å². The number of carboxylic acids is 2. The Labute approximate surface area is 192 Å². The third-order valence-corrected chi connectivity index (χ3v) is 4.82. The minimum Gasteiger partial charge on any atom is -0.493 e. The number of nitrogens with two attached hydrogens (primary N) is 1. The van der Waals surface area contributed by atoms with Gasteiger partial charge < -0.3 is 35.7 Å². The van der Waals surface area contributed by atoms with Gasteiger partial charge in [-0.25, -0.2) is 9.59 Å². The Morgan fingerprint density at radius 3 is 2.24 bits per heavy atom. The molecule has 0 bridgehead atoms. The number of carboxylic acid groups (broad SMARTS) is 2. The number of aromatic nitrogens is 1. The Kier molecular flexibility index (Phi) is 6.86. The van der Waals surface area contributed by atoms with E-state index in [9.17, 15) is 29.4 Å². The van der Waals surface area contributed by atoms with E-state index in [0.717, 1.165) is 5.56 Å². The third-order valence-electron chi connectivity index (χ3n) is 4.82. The molecule has 0 fully saturated rings. The number of nitrogens with one attached hydrogen (secondary N) is 2. The van der Waals surface area contributed by atoms with Crippen LogP contribution in [0.25, 0.3) is 11.1 Å². The van der Waals surface area contributed by atoms with Crippen LogP contribution in [0.1, 0.15) is 26.3 Å². The fraction of sp³-hybridized carbons (Fsp3) is 0.130. The summed E-state index contributed by atoms with van der Waals surface area (Å²) in [5.74, 6) is -3.88. The van der Waals surface area contributed by atoms with Crippen molar-refractivity contribution in [1.82, 2.24) is 4.98 Å². The first kappa shape index (κ1) is 23.9. The van der Waals surface area contributed by atoms with Crippen molar-refractivity contribution in [2.24, 2.45) is 0 Å². The number of aromatic carboxylic acids is 2. The monoisotopic (exact) mass is 467 g/mol. The lowest BCUT2D eigenvalue weighted by atomic mass is 9.95. The minimum atomic E-state index is -1.63. The molecular formula is C23H21N3O8. The van der Waals surface area contributed by atoms with E-state index in [4.69, 9.17) is 15.2 Å². The van der Waals surface area contributed by atoms with Crippen LogP contribution in [-0.2, 0) is 4.79 Å². The number of benzene rings is 2. The Morgan fingerprint density at radius 2 is 1.65 bits per heavy atom. The molecule has 0 aliphatic rings. The van der Waals surface area contributed by atoms with Crippen molar-refractivity contribution < 1.29 is 34.1 Å². The molecule has 3 rings (SSSR count). The summed E-state index contributed by atoms with van der Waals surface area (Å²) >= 11 is 0. The molecule has 11 heteroatoms. The number of amides is 1. The highest BCUT2D eigenvalue weighted by Crippen LogP contribution is 2.36. The average Bonchev–Trinajstić information content (AvgIpc) is 2.78. The van der Waals surface area contributed by atoms with E-state index in [2.05, 4.69) is 5.32 Å². The van der Waals surface area contributed by atoms with Crippen LogP contribution in [0.2, 0.25) is 0 Å². The molecule has 176 valence electrons. The summed E-state index contributed by atoms with van der Waals surface area (Å²) in [5.41, 5.74) is 4.51. The summed E-state index contributed by atoms with van der Waals surface area (Å²) in [4.78, 5) is 49.9. The summed E-state index contributed by atoms with van der Waals surface area (Å²) in [7, 11) is 1.31. The molecule has 0 aliphatic carbocycles. The minimum absolute atomic E-state index is 0.0425. The highest BCUT2D eigenvalue weighted by Gasteiger charge is 2.27. The van der Waals surface area contributed by atoms with Crippen LogP contribution < -0.4 is 26.1 Å². The number of carbonyl (C=O) groups excluding carboxylic acids is 1. The molecule has 34 heavy (non-hydrogen) atoms. The summed E-state index contributed by atoms with van der Waals surface area (Å²) in [6, 6.07) is 11.2. The lowest BCUT2D eigenvalue weighted by Crippen LogP contribution is -2.24. The van der Waals surface area contributed by atoms with Crippen LogP contribution in [0.5, 0.6) is 11.5 Å². The maximum absolute atomic E-state index is 12.2. The zero-order valence-electron chi connectivity index (χ0n) is 18.2. The number of methoxy groups -OCH3 is 1. The molecule has 1 aromatic heterocycles. The number of hydrogen-bond acceptors (Lipinski definition) is 7. The summed E-state index contributed by atoms with van der Waals surface area (Å²) in [5, 5.41) is 21.8. The van der Waals surface area contributed by atoms with E-state index in [-0.39, 0.29) is 29.2 Å². The van der Waals surface area contributed by atoms with Crippen molar-refractivity contribution in [3.8, 4) is 22.6 Å². The SMILES string of the molecule is COc1cc(-c2c(C(=O)O)c(N)[nH]c(=O)c2C(=O)O)ccc1OCC(=O)Nc1ccc(C)cc1. The van der Waals surface area contributed by atoms with Crippen molar-refractivity contribution in [2.75, 3.05) is 24.8 Å². The molecule has 3 aromatic rings. The number of aromatic amines is 1. The van der Waals surface area contributed by atoms with Crippen LogP contribution >= 0.6 is 0 Å². The lowest BCUT2D eigenvalue weighted by molar-refractivity contribution is -0.118. The van der Waals surface area contributed by atoms with Gasteiger partial charge in [0.1, 0.15) is 16.9 Å². The van der Waals surface area contributed by atoms with Gasteiger partial charge in [0.15, 0.2) is 18.1 Å². The fourth-order valence-corrected chi connectivity index (χ4v) is 3.25. The van der Waals surface area contributed by atoms with Gasteiger partial charge in [0, 0.05) is 11.3 Å². The molecule has 1 heterocycles. The van der Waals surface area contributed by atoms with E-state index < -0.39 is 40.3 Å². The van der Waals surface area contributed by atoms with E-state index in [1.165, 1.54) is 25.3 Å². The molecule has 0 radical (unpaired) electrons. The van der Waals surface area contributed by atoms with Crippen LogP contribution in [-0.4, -0.2) is 46.8 Å². The van der Waals surface area contributed by atoms with Crippen LogP contribution in [0.15, 0.2) is 47.3 Å². The van der Waals surface area contributed by atoms with Crippen LogP contribution in [0, 0.1) is 6.92 Å². The second-order valence-electron chi connectivity index (χ2n) is 7.17. The van der Waals surface area contributed by atoms with Gasteiger partial charge in [-0.05, 0) is 36.8 Å². The second kappa shape index (κ2) is 9.77. The normalized spacial score (nSPS) is 10.4. The summed E-state index contributed by atoms with van der Waals surface area (Å²) in [6.45, 7) is 1.56. The zero-order chi connectivity index (χ0) is 25.0. The zero-order valence-corrected chi connectivity index (χ0v) is 18.2. The molecule has 6 N–H and O–H groups in total. The largest absolute Gasteiger partial charge is 0.493 e. The third kappa shape index (κ3) is 4.99. The first-order valence-electron chi connectivity index (χ1n) is 9.82. The quantitative estimate of drug-likeness (QED) is 0.332. The van der Waals surface area contributed by atoms with Crippen LogP contribution in [0.4, 0.5) is 11.5 Å². The Hall–Kier alpha value is -4.80. The fourth-order valence-electron chi connectivity index (χ4n) is 3.25. The van der Waals surface area contributed by atoms with Gasteiger partial charge in [-0.3, -0.25) is 9.59 Å². The Bertz CT molecular complexity index is 1330. The Balaban J connectivity index is 1.93. The molecule has 11 nitrogen and oxygen atoms in total. The van der Waals surface area contributed by atoms with Gasteiger partial charge in [-0.1, -0.05) is 23.8 Å². The predicted octanol–water partition coefficient (Wildman–Crippen LogP) is 2.36. The number of anilines is 2. The van der Waals surface area contributed by atoms with E-state index in [1.54, 1.807) is 12.1 Å². The van der Waals surface area contributed by atoms with Crippen molar-refractivity contribution in [1.29, 1.82) is 0 Å². The standard InChI is InChI=1S/C23H21N3O8/c1-11-3-6-13(7-4-11)25-16(27)10-34-14-8-5-12(9-15(14)33-2)17-18(22(29)30)20(24)26-21(28)19(17)23(31)32/h3-9H,10H2,1-2H3,(H,25,27)(H,29,30)(H,31,32)(H3,24,26,28). The van der Waals surface area contributed by atoms with Crippen molar-refractivity contribution in [3.05, 3.63) is 69.5 Å². The molecule has 0 atom stereocenters. The average molecular weight is 467 g/mol. The molecular weight excluding hydrogens is 446 g/mol. The van der Waals surface area contributed by atoms with Gasteiger partial charge in [-0.2, -0.15) is 0 Å². The highest BCUT2D eigenvalue weighted by atomic mass is 16.5. The molecule has 0 aliphatic heterocycles. The maximum Gasteiger partial charge on any atom is 0.342 e. The number of rotatable bonds is 8. The first-order chi connectivity index (χ1) is 16.1. The highest BCUT2D eigenvalue weighted by molar-refractivity contribution is 6.07. The van der Waals surface area contributed by atoms with E-state index in [0.29, 0.717) is 5.69 Å². The summed E-state index contributed by atoms with van der Waals surface area (Å²) in [6.07, 6.45) is 0. The first-order valence-corrected chi connectivity index (χ1v) is 9.82. The molecule has 2 aromatic carbocycles. The van der Waals surface area contributed by atoms with Crippen molar-refractivity contribution in [2.45, 2.75) is 6.92 Å². The predicted molar refractivity (Wildman–Crippen MR) is 123 cm³/mol. The van der Waals surface area contributed by atoms with E-state index >= 15 is 0 Å². The topological polar surface area (TPSA) is 181 Å². The summed E-state index contributed by atoms with van der Waals surface area (Å²) < 4.78 is 10.8. The van der Waals surface area contributed by atoms with Gasteiger partial charge in [0.2, 0.25) is 0 Å². The van der Waals surface area contributed by atoms with Gasteiger partial charge in [-0.15, -0.1) is 0 Å². The Morgan fingerprint density at radius 1 is 1.00 bits per heavy atom. The van der Waals surface area contributed by atoms with Crippen molar-refractivity contribution in [3.63, 3.8) is 0 Å². The number of aryl methyl sites for hydroxylation is 1. The number of nitrogen functional groups attached to an aromatic ring is 1. The molecule has 0 saturated carbocycles. The lowest BCUT2D eigenvalue weighted by Gasteiger charge is -2.15. The number of H-pyrrole nitrogens is 1. The second-order valence-corrected chi connectivity index (χ2v) is 7.17. The number of ether oxygens (including phenoxy) is 2. The van der Waals surface area contributed by atoms with Crippen molar-refractivity contribution >= 4 is 29.4 Å². The molecule has 1 amide bonds. The maximum atomic E-state index is 12.2. The molecule has 0 saturated heterocycles. The van der Waals surface area contributed by atoms with Gasteiger partial charge in [0.05, 0.1) is 7.11 Å². The smallest absolute Gasteiger partial charge is 0.342 e. The number of carbonyl (C=O) groups is 3. The van der Waals surface area contributed by atoms with Crippen LogP contribution in [0.3, 0.4) is 0 Å². The van der Waals surface area contributed by atoms with Gasteiger partial charge in [0.25, 0.3) is 11.5 Å². The molecule has 0 unspecified atom stereocenters. The number of pyridine rings is 1. The molecule has 0 spiro atoms. The number of hydrogen-bond donors (Lipinski definition) is 5.